The van der Waals surface area contributed by atoms with Gasteiger partial charge in [0.1, 0.15) is 5.75 Å². The number of benzene rings is 2. The molecule has 1 fully saturated rings. The normalized spacial score (nSPS) is 14.5. The summed E-state index contributed by atoms with van der Waals surface area (Å²) < 4.78 is 45.8. The van der Waals surface area contributed by atoms with Gasteiger partial charge in [0.15, 0.2) is 24.1 Å². The molecule has 1 saturated heterocycles. The van der Waals surface area contributed by atoms with Gasteiger partial charge in [0, 0.05) is 19.1 Å². The summed E-state index contributed by atoms with van der Waals surface area (Å²) in [4.78, 5) is 26.3. The number of ether oxygens (including phenoxy) is 1. The van der Waals surface area contributed by atoms with E-state index < -0.39 is 28.9 Å². The number of hydrogen-bond donors (Lipinski definition) is 1. The molecule has 1 aliphatic rings. The number of nitrogens with zero attached hydrogens (tertiary/aromatic N) is 1. The van der Waals surface area contributed by atoms with E-state index >= 15 is 0 Å². The molecule has 1 aliphatic heterocycles. The number of hydrogen-bond acceptors (Lipinski definition) is 3. The molecule has 0 unspecified atom stereocenters. The monoisotopic (exact) mass is 420 g/mol. The Bertz CT molecular complexity index is 928. The Morgan fingerprint density at radius 1 is 1.07 bits per heavy atom. The molecular weight excluding hydrogens is 397 g/mol. The van der Waals surface area contributed by atoms with E-state index in [4.69, 9.17) is 4.74 Å². The highest BCUT2D eigenvalue weighted by molar-refractivity contribution is 5.94. The van der Waals surface area contributed by atoms with Crippen LogP contribution in [-0.4, -0.2) is 42.5 Å². The molecular formula is C22H23F3N2O3. The smallest absolute Gasteiger partial charge is 0.260 e. The number of halogens is 3. The summed E-state index contributed by atoms with van der Waals surface area (Å²) in [6.07, 6.45) is 1.73. The van der Waals surface area contributed by atoms with Crippen LogP contribution in [-0.2, 0) is 11.2 Å². The van der Waals surface area contributed by atoms with Crippen LogP contribution in [0.3, 0.4) is 0 Å². The second-order valence-electron chi connectivity index (χ2n) is 7.10. The van der Waals surface area contributed by atoms with Crippen LogP contribution >= 0.6 is 0 Å². The van der Waals surface area contributed by atoms with Crippen LogP contribution in [0.1, 0.15) is 35.7 Å². The van der Waals surface area contributed by atoms with Crippen LogP contribution < -0.4 is 10.1 Å². The summed E-state index contributed by atoms with van der Waals surface area (Å²) in [5, 5.41) is 2.62. The minimum absolute atomic E-state index is 0.0753. The average Bonchev–Trinajstić information content (AvgIpc) is 2.76. The number of nitrogens with one attached hydrogen (secondary N) is 1. The third-order valence-electron chi connectivity index (χ3n) is 5.17. The van der Waals surface area contributed by atoms with Crippen molar-refractivity contribution in [2.75, 3.05) is 19.7 Å². The Balaban J connectivity index is 1.49. The molecule has 1 N–H and O–H groups in total. The van der Waals surface area contributed by atoms with Crippen molar-refractivity contribution in [3.8, 4) is 5.75 Å². The van der Waals surface area contributed by atoms with Gasteiger partial charge in [-0.15, -0.1) is 0 Å². The number of para-hydroxylation sites is 1. The zero-order valence-corrected chi connectivity index (χ0v) is 16.6. The highest BCUT2D eigenvalue weighted by Crippen LogP contribution is 2.19. The first-order chi connectivity index (χ1) is 14.4. The molecule has 0 aromatic heterocycles. The van der Waals surface area contributed by atoms with Gasteiger partial charge in [-0.2, -0.15) is 0 Å². The van der Waals surface area contributed by atoms with Gasteiger partial charge in [-0.1, -0.05) is 25.1 Å². The summed E-state index contributed by atoms with van der Waals surface area (Å²) >= 11 is 0. The van der Waals surface area contributed by atoms with Crippen LogP contribution in [0.2, 0.25) is 0 Å². The number of aryl methyl sites for hydroxylation is 1. The number of likely N-dealkylation sites (tertiary alicyclic amines) is 1. The van der Waals surface area contributed by atoms with Gasteiger partial charge in [-0.3, -0.25) is 9.59 Å². The van der Waals surface area contributed by atoms with E-state index in [9.17, 15) is 22.8 Å². The Kier molecular flexibility index (Phi) is 6.97. The second-order valence-corrected chi connectivity index (χ2v) is 7.10. The first-order valence-electron chi connectivity index (χ1n) is 9.83. The number of piperidine rings is 1. The van der Waals surface area contributed by atoms with Crippen molar-refractivity contribution in [1.82, 2.24) is 10.2 Å². The van der Waals surface area contributed by atoms with Gasteiger partial charge in [-0.05, 0) is 43.0 Å². The molecule has 2 amide bonds. The molecule has 160 valence electrons. The van der Waals surface area contributed by atoms with E-state index in [0.717, 1.165) is 18.1 Å². The number of carbonyl (C=O) groups is 2. The molecule has 5 nitrogen and oxygen atoms in total. The lowest BCUT2D eigenvalue weighted by molar-refractivity contribution is -0.134. The Hall–Kier alpha value is -3.03. The van der Waals surface area contributed by atoms with Gasteiger partial charge in [0.25, 0.3) is 11.8 Å². The molecule has 0 bridgehead atoms. The van der Waals surface area contributed by atoms with Gasteiger partial charge < -0.3 is 15.0 Å². The van der Waals surface area contributed by atoms with Gasteiger partial charge >= 0.3 is 0 Å². The van der Waals surface area contributed by atoms with Crippen LogP contribution in [0, 0.1) is 17.5 Å². The summed E-state index contributed by atoms with van der Waals surface area (Å²) in [6.45, 7) is 2.75. The van der Waals surface area contributed by atoms with Crippen LogP contribution in [0.4, 0.5) is 13.2 Å². The molecule has 2 aromatic carbocycles. The van der Waals surface area contributed by atoms with Crippen LogP contribution in [0.25, 0.3) is 0 Å². The van der Waals surface area contributed by atoms with Crippen molar-refractivity contribution in [1.29, 1.82) is 0 Å². The number of rotatable bonds is 6. The van der Waals surface area contributed by atoms with E-state index in [1.807, 2.05) is 31.2 Å². The van der Waals surface area contributed by atoms with Crippen molar-refractivity contribution in [2.24, 2.45) is 0 Å². The molecule has 8 heteroatoms. The minimum atomic E-state index is -1.67. The van der Waals surface area contributed by atoms with Crippen molar-refractivity contribution in [3.05, 3.63) is 65.0 Å². The Morgan fingerprint density at radius 2 is 1.77 bits per heavy atom. The number of carbonyl (C=O) groups excluding carboxylic acids is 2. The highest BCUT2D eigenvalue weighted by Gasteiger charge is 2.26. The molecule has 1 heterocycles. The lowest BCUT2D eigenvalue weighted by atomic mass is 10.0. The molecule has 3 rings (SSSR count). The van der Waals surface area contributed by atoms with E-state index in [-0.39, 0.29) is 18.6 Å². The summed E-state index contributed by atoms with van der Waals surface area (Å²) in [5.74, 6) is -4.81. The fourth-order valence-corrected chi connectivity index (χ4v) is 3.41. The Morgan fingerprint density at radius 3 is 2.47 bits per heavy atom. The van der Waals surface area contributed by atoms with Crippen molar-refractivity contribution >= 4 is 11.8 Å². The predicted molar refractivity (Wildman–Crippen MR) is 105 cm³/mol. The summed E-state index contributed by atoms with van der Waals surface area (Å²) in [7, 11) is 0. The molecule has 0 saturated carbocycles. The van der Waals surface area contributed by atoms with E-state index in [1.54, 1.807) is 4.90 Å². The zero-order chi connectivity index (χ0) is 21.7. The highest BCUT2D eigenvalue weighted by atomic mass is 19.2. The molecule has 30 heavy (non-hydrogen) atoms. The first kappa shape index (κ1) is 21.7. The molecule has 0 spiro atoms. The van der Waals surface area contributed by atoms with Gasteiger partial charge in [0.2, 0.25) is 0 Å². The van der Waals surface area contributed by atoms with Crippen molar-refractivity contribution in [3.63, 3.8) is 0 Å². The zero-order valence-electron chi connectivity index (χ0n) is 16.6. The molecule has 0 radical (unpaired) electrons. The van der Waals surface area contributed by atoms with Gasteiger partial charge in [0.05, 0.1) is 5.56 Å². The average molecular weight is 420 g/mol. The topological polar surface area (TPSA) is 58.6 Å². The standard InChI is InChI=1S/C22H23F3N2O3/c1-2-14-5-3-4-6-18(14)30-13-19(28)27-11-9-15(10-12-27)26-22(29)16-7-8-17(23)21(25)20(16)24/h3-8,15H,2,9-13H2,1H3,(H,26,29). The third kappa shape index (κ3) is 4.93. The lowest BCUT2D eigenvalue weighted by Crippen LogP contribution is -2.47. The minimum Gasteiger partial charge on any atom is -0.483 e. The maximum Gasteiger partial charge on any atom is 0.260 e. The maximum absolute atomic E-state index is 13.8. The second kappa shape index (κ2) is 9.65. The van der Waals surface area contributed by atoms with E-state index in [0.29, 0.717) is 37.7 Å². The van der Waals surface area contributed by atoms with E-state index in [2.05, 4.69) is 5.32 Å². The van der Waals surface area contributed by atoms with E-state index in [1.165, 1.54) is 0 Å². The summed E-state index contributed by atoms with van der Waals surface area (Å²) in [6, 6.07) is 8.87. The SMILES string of the molecule is CCc1ccccc1OCC(=O)N1CCC(NC(=O)c2ccc(F)c(F)c2F)CC1. The lowest BCUT2D eigenvalue weighted by Gasteiger charge is -2.32. The number of amides is 2. The van der Waals surface area contributed by atoms with Crippen molar-refractivity contribution < 1.29 is 27.5 Å². The summed E-state index contributed by atoms with van der Waals surface area (Å²) in [5.41, 5.74) is 0.478. The largest absolute Gasteiger partial charge is 0.483 e. The maximum atomic E-state index is 13.8. The first-order valence-corrected chi connectivity index (χ1v) is 9.83. The molecule has 2 aromatic rings. The molecule has 0 atom stereocenters. The van der Waals surface area contributed by atoms with Crippen LogP contribution in [0.15, 0.2) is 36.4 Å². The van der Waals surface area contributed by atoms with Crippen molar-refractivity contribution in [2.45, 2.75) is 32.2 Å². The van der Waals surface area contributed by atoms with Crippen LogP contribution in [0.5, 0.6) is 5.75 Å². The fraction of sp³-hybridized carbons (Fsp3) is 0.364. The quantitative estimate of drug-likeness (QED) is 0.729. The van der Waals surface area contributed by atoms with Gasteiger partial charge in [-0.25, -0.2) is 13.2 Å². The third-order valence-corrected chi connectivity index (χ3v) is 5.17. The fourth-order valence-electron chi connectivity index (χ4n) is 3.41. The predicted octanol–water partition coefficient (Wildman–Crippen LogP) is 3.47. The molecule has 0 aliphatic carbocycles. The Labute approximate surface area is 172 Å².